The lowest BCUT2D eigenvalue weighted by molar-refractivity contribution is 0.0456. The zero-order chi connectivity index (χ0) is 19.3. The number of likely N-dealkylation sites (tertiary alicyclic amines) is 1. The van der Waals surface area contributed by atoms with Gasteiger partial charge in [0.15, 0.2) is 0 Å². The van der Waals surface area contributed by atoms with Crippen LogP contribution in [0.5, 0.6) is 0 Å². The van der Waals surface area contributed by atoms with E-state index in [9.17, 15) is 9.90 Å². The van der Waals surface area contributed by atoms with Crippen molar-refractivity contribution in [3.8, 4) is 0 Å². The Balaban J connectivity index is 1.39. The van der Waals surface area contributed by atoms with E-state index in [-0.39, 0.29) is 11.8 Å². The van der Waals surface area contributed by atoms with Crippen molar-refractivity contribution in [2.45, 2.75) is 25.5 Å². The first-order valence-corrected chi connectivity index (χ1v) is 9.94. The Morgan fingerprint density at radius 3 is 2.25 bits per heavy atom. The van der Waals surface area contributed by atoms with Crippen molar-refractivity contribution < 1.29 is 9.90 Å². The maximum absolute atomic E-state index is 13.1. The quantitative estimate of drug-likeness (QED) is 0.730. The van der Waals surface area contributed by atoms with Gasteiger partial charge in [-0.05, 0) is 42.0 Å². The lowest BCUT2D eigenvalue weighted by Gasteiger charge is -2.34. The van der Waals surface area contributed by atoms with Gasteiger partial charge in [0.25, 0.3) is 5.91 Å². The van der Waals surface area contributed by atoms with Crippen LogP contribution in [0.15, 0.2) is 79.0 Å². The van der Waals surface area contributed by atoms with Gasteiger partial charge in [0.1, 0.15) is 5.69 Å². The van der Waals surface area contributed by atoms with E-state index in [4.69, 9.17) is 0 Å². The van der Waals surface area contributed by atoms with E-state index in [2.05, 4.69) is 12.1 Å². The second-order valence-corrected chi connectivity index (χ2v) is 7.49. The van der Waals surface area contributed by atoms with Crippen LogP contribution in [0.2, 0.25) is 0 Å². The van der Waals surface area contributed by atoms with Gasteiger partial charge < -0.3 is 14.6 Å². The maximum Gasteiger partial charge on any atom is 0.270 e. The molecule has 1 aromatic heterocycles. The van der Waals surface area contributed by atoms with Gasteiger partial charge in [-0.2, -0.15) is 0 Å². The minimum atomic E-state index is -0.458. The lowest BCUT2D eigenvalue weighted by Crippen LogP contribution is -2.40. The van der Waals surface area contributed by atoms with E-state index in [1.54, 1.807) is 0 Å². The molecule has 0 bridgehead atoms. The highest BCUT2D eigenvalue weighted by Crippen LogP contribution is 2.31. The fourth-order valence-corrected chi connectivity index (χ4v) is 4.03. The zero-order valence-corrected chi connectivity index (χ0v) is 15.9. The van der Waals surface area contributed by atoms with E-state index < -0.39 is 6.10 Å². The predicted molar refractivity (Wildman–Crippen MR) is 110 cm³/mol. The van der Waals surface area contributed by atoms with E-state index in [1.165, 1.54) is 5.56 Å². The van der Waals surface area contributed by atoms with Crippen LogP contribution in [-0.2, 0) is 6.54 Å². The standard InChI is InChI=1S/C24H26N2O2/c27-23(20-10-5-2-6-11-20)21-13-16-25(17-14-21)24(28)22-12-7-15-26(22)18-19-8-3-1-4-9-19/h1-12,15,21,23,27H,13-14,16-18H2. The number of benzene rings is 2. The van der Waals surface area contributed by atoms with Gasteiger partial charge >= 0.3 is 0 Å². The molecule has 1 unspecified atom stereocenters. The number of amides is 1. The molecule has 0 spiro atoms. The van der Waals surface area contributed by atoms with Crippen LogP contribution >= 0.6 is 0 Å². The Labute approximate surface area is 166 Å². The molecular formula is C24H26N2O2. The zero-order valence-electron chi connectivity index (χ0n) is 15.9. The Hall–Kier alpha value is -2.85. The average Bonchev–Trinajstić information content (AvgIpc) is 3.22. The molecule has 1 aliphatic heterocycles. The van der Waals surface area contributed by atoms with Crippen molar-refractivity contribution in [2.75, 3.05) is 13.1 Å². The first kappa shape index (κ1) is 18.5. The van der Waals surface area contributed by atoms with Crippen LogP contribution in [0.3, 0.4) is 0 Å². The molecule has 4 rings (SSSR count). The van der Waals surface area contributed by atoms with Crippen molar-refractivity contribution in [3.63, 3.8) is 0 Å². The van der Waals surface area contributed by atoms with Crippen LogP contribution in [0.25, 0.3) is 0 Å². The van der Waals surface area contributed by atoms with Crippen LogP contribution in [-0.4, -0.2) is 33.6 Å². The van der Waals surface area contributed by atoms with E-state index in [0.29, 0.717) is 19.6 Å². The summed E-state index contributed by atoms with van der Waals surface area (Å²) in [7, 11) is 0. The molecule has 0 aliphatic carbocycles. The molecule has 28 heavy (non-hydrogen) atoms. The Kier molecular flexibility index (Phi) is 5.58. The summed E-state index contributed by atoms with van der Waals surface area (Å²) in [4.78, 5) is 15.0. The molecule has 2 heterocycles. The van der Waals surface area contributed by atoms with Gasteiger partial charge in [-0.25, -0.2) is 0 Å². The molecule has 4 nitrogen and oxygen atoms in total. The number of piperidine rings is 1. The smallest absolute Gasteiger partial charge is 0.270 e. The molecule has 0 radical (unpaired) electrons. The summed E-state index contributed by atoms with van der Waals surface area (Å²) in [5, 5.41) is 10.7. The monoisotopic (exact) mass is 374 g/mol. The van der Waals surface area contributed by atoms with E-state index in [1.807, 2.05) is 76.3 Å². The molecule has 4 heteroatoms. The van der Waals surface area contributed by atoms with Crippen LogP contribution in [0, 0.1) is 5.92 Å². The number of aliphatic hydroxyl groups excluding tert-OH is 1. The van der Waals surface area contributed by atoms with Gasteiger partial charge in [-0.1, -0.05) is 60.7 Å². The third kappa shape index (κ3) is 4.02. The highest BCUT2D eigenvalue weighted by atomic mass is 16.3. The minimum Gasteiger partial charge on any atom is -0.388 e. The van der Waals surface area contributed by atoms with Crippen molar-refractivity contribution in [1.29, 1.82) is 0 Å². The summed E-state index contributed by atoms with van der Waals surface area (Å²) >= 11 is 0. The highest BCUT2D eigenvalue weighted by molar-refractivity contribution is 5.92. The summed E-state index contributed by atoms with van der Waals surface area (Å²) in [5.74, 6) is 0.274. The lowest BCUT2D eigenvalue weighted by atomic mass is 9.87. The summed E-state index contributed by atoms with van der Waals surface area (Å²) in [5.41, 5.74) is 2.87. The molecule has 3 aromatic rings. The number of aromatic nitrogens is 1. The summed E-state index contributed by atoms with van der Waals surface area (Å²) in [6, 6.07) is 23.8. The molecule has 1 amide bonds. The summed E-state index contributed by atoms with van der Waals surface area (Å²) < 4.78 is 2.02. The molecule has 144 valence electrons. The Bertz CT molecular complexity index is 897. The van der Waals surface area contributed by atoms with E-state index in [0.717, 1.165) is 24.1 Å². The van der Waals surface area contributed by atoms with Gasteiger partial charge in [-0.3, -0.25) is 4.79 Å². The predicted octanol–water partition coefficient (Wildman–Crippen LogP) is 4.12. The van der Waals surface area contributed by atoms with Gasteiger partial charge in [0.2, 0.25) is 0 Å². The van der Waals surface area contributed by atoms with Crippen molar-refractivity contribution in [2.24, 2.45) is 5.92 Å². The SMILES string of the molecule is O=C(c1cccn1Cc1ccccc1)N1CCC(C(O)c2ccccc2)CC1. The van der Waals surface area contributed by atoms with Gasteiger partial charge in [0.05, 0.1) is 6.10 Å². The second-order valence-electron chi connectivity index (χ2n) is 7.49. The van der Waals surface area contributed by atoms with Crippen LogP contribution < -0.4 is 0 Å². The fourth-order valence-electron chi connectivity index (χ4n) is 4.03. The Morgan fingerprint density at radius 2 is 1.57 bits per heavy atom. The van der Waals surface area contributed by atoms with Crippen molar-refractivity contribution in [1.82, 2.24) is 9.47 Å². The Morgan fingerprint density at radius 1 is 0.929 bits per heavy atom. The normalized spacial score (nSPS) is 16.1. The topological polar surface area (TPSA) is 45.5 Å². The number of aliphatic hydroxyl groups is 1. The molecule has 1 saturated heterocycles. The maximum atomic E-state index is 13.1. The molecule has 1 fully saturated rings. The average molecular weight is 374 g/mol. The van der Waals surface area contributed by atoms with Crippen molar-refractivity contribution >= 4 is 5.91 Å². The summed E-state index contributed by atoms with van der Waals surface area (Å²) in [6.45, 7) is 2.06. The van der Waals surface area contributed by atoms with E-state index >= 15 is 0 Å². The molecule has 1 N–H and O–H groups in total. The molecule has 1 atom stereocenters. The number of carbonyl (C=O) groups is 1. The highest BCUT2D eigenvalue weighted by Gasteiger charge is 2.29. The number of hydrogen-bond acceptors (Lipinski definition) is 2. The number of carbonyl (C=O) groups excluding carboxylic acids is 1. The second kappa shape index (κ2) is 8.44. The number of rotatable bonds is 5. The number of nitrogens with zero attached hydrogens (tertiary/aromatic N) is 2. The van der Waals surface area contributed by atoms with Crippen LogP contribution in [0.1, 0.15) is 40.6 Å². The van der Waals surface area contributed by atoms with Gasteiger partial charge in [-0.15, -0.1) is 0 Å². The third-order valence-corrected chi connectivity index (χ3v) is 5.66. The third-order valence-electron chi connectivity index (χ3n) is 5.66. The molecular weight excluding hydrogens is 348 g/mol. The fraction of sp³-hybridized carbons (Fsp3) is 0.292. The number of hydrogen-bond donors (Lipinski definition) is 1. The first-order valence-electron chi connectivity index (χ1n) is 9.94. The van der Waals surface area contributed by atoms with Crippen molar-refractivity contribution in [3.05, 3.63) is 95.8 Å². The molecule has 2 aromatic carbocycles. The first-order chi connectivity index (χ1) is 13.7. The molecule has 0 saturated carbocycles. The van der Waals surface area contributed by atoms with Crippen LogP contribution in [0.4, 0.5) is 0 Å². The minimum absolute atomic E-state index is 0.0774. The largest absolute Gasteiger partial charge is 0.388 e. The van der Waals surface area contributed by atoms with Gasteiger partial charge in [0, 0.05) is 25.8 Å². The molecule has 1 aliphatic rings. The summed E-state index contributed by atoms with van der Waals surface area (Å²) in [6.07, 6.45) is 3.15.